The van der Waals surface area contributed by atoms with Crippen molar-refractivity contribution in [3.05, 3.63) is 61.6 Å². The monoisotopic (exact) mass is 162 g/mol. The summed E-state index contributed by atoms with van der Waals surface area (Å²) < 4.78 is 5.21. The Bertz CT molecular complexity index is 219. The van der Waals surface area contributed by atoms with Gasteiger partial charge in [0.05, 0.1) is 6.26 Å². The van der Waals surface area contributed by atoms with Crippen LogP contribution in [0.15, 0.2) is 61.6 Å². The van der Waals surface area contributed by atoms with Crippen molar-refractivity contribution in [1.29, 1.82) is 0 Å². The summed E-state index contributed by atoms with van der Waals surface area (Å²) in [5.41, 5.74) is 0. The summed E-state index contributed by atoms with van der Waals surface area (Å²) in [7, 11) is 0. The largest absolute Gasteiger partial charge is 0.465 e. The van der Waals surface area contributed by atoms with E-state index in [1.54, 1.807) is 30.6 Å². The third-order valence-electron chi connectivity index (χ3n) is 1.02. The molecule has 0 radical (unpaired) electrons. The Hall–Kier alpha value is -1.50. The van der Waals surface area contributed by atoms with Gasteiger partial charge in [0.2, 0.25) is 0 Å². The predicted octanol–water partition coefficient (Wildman–Crippen LogP) is 3.35. The van der Waals surface area contributed by atoms with Crippen LogP contribution in [0.1, 0.15) is 6.92 Å². The van der Waals surface area contributed by atoms with Crippen molar-refractivity contribution in [2.75, 3.05) is 0 Å². The van der Waals surface area contributed by atoms with Crippen molar-refractivity contribution < 1.29 is 4.74 Å². The first kappa shape index (κ1) is 10.5. The van der Waals surface area contributed by atoms with E-state index in [-0.39, 0.29) is 0 Å². The Morgan fingerprint density at radius 3 is 2.50 bits per heavy atom. The van der Waals surface area contributed by atoms with Crippen LogP contribution in [0.2, 0.25) is 0 Å². The summed E-state index contributed by atoms with van der Waals surface area (Å²) in [5, 5.41) is 0. The van der Waals surface area contributed by atoms with Gasteiger partial charge in [-0.25, -0.2) is 0 Å². The van der Waals surface area contributed by atoms with Gasteiger partial charge in [0, 0.05) is 0 Å². The zero-order valence-corrected chi connectivity index (χ0v) is 7.36. The van der Waals surface area contributed by atoms with Gasteiger partial charge in [0.25, 0.3) is 0 Å². The summed E-state index contributed by atoms with van der Waals surface area (Å²) in [6.07, 6.45) is 12.2. The van der Waals surface area contributed by atoms with Gasteiger partial charge in [-0.05, 0) is 19.1 Å². The van der Waals surface area contributed by atoms with Gasteiger partial charge >= 0.3 is 0 Å². The maximum absolute atomic E-state index is 5.21. The number of rotatable bonds is 5. The molecule has 1 heteroatoms. The second-order valence-corrected chi connectivity index (χ2v) is 1.99. The normalized spacial score (nSPS) is 12.2. The fourth-order valence-corrected chi connectivity index (χ4v) is 0.560. The summed E-state index contributed by atoms with van der Waals surface area (Å²) in [6.45, 7) is 9.03. The highest BCUT2D eigenvalue weighted by Gasteiger charge is 1.84. The summed E-state index contributed by atoms with van der Waals surface area (Å²) in [5.74, 6) is 0.739. The van der Waals surface area contributed by atoms with Crippen LogP contribution in [0.25, 0.3) is 0 Å². The molecule has 0 aromatic heterocycles. The topological polar surface area (TPSA) is 9.23 Å². The van der Waals surface area contributed by atoms with Gasteiger partial charge in [-0.3, -0.25) is 0 Å². The van der Waals surface area contributed by atoms with E-state index in [1.807, 2.05) is 19.1 Å². The minimum Gasteiger partial charge on any atom is -0.465 e. The molecule has 1 nitrogen and oxygen atoms in total. The molecule has 0 unspecified atom stereocenters. The molecule has 64 valence electrons. The molecule has 0 heterocycles. The molecule has 0 atom stereocenters. The van der Waals surface area contributed by atoms with Crippen LogP contribution in [0, 0.1) is 0 Å². The average Bonchev–Trinajstić information content (AvgIpc) is 2.10. The third kappa shape index (κ3) is 5.30. The SMILES string of the molecule is C=C/C=C\C(=C/C=C)O/C=C/C. The molecule has 0 aromatic carbocycles. The molecule has 0 aliphatic carbocycles. The van der Waals surface area contributed by atoms with Crippen LogP contribution in [0.5, 0.6) is 0 Å². The van der Waals surface area contributed by atoms with E-state index < -0.39 is 0 Å². The first-order valence-electron chi connectivity index (χ1n) is 3.74. The lowest BCUT2D eigenvalue weighted by Gasteiger charge is -1.97. The van der Waals surface area contributed by atoms with Gasteiger partial charge in [-0.2, -0.15) is 0 Å². The molecular formula is C11H14O. The molecule has 0 aliphatic heterocycles. The lowest BCUT2D eigenvalue weighted by Crippen LogP contribution is -1.78. The van der Waals surface area contributed by atoms with E-state index in [2.05, 4.69) is 13.2 Å². The number of allylic oxidation sites excluding steroid dienone is 6. The van der Waals surface area contributed by atoms with Crippen LogP contribution >= 0.6 is 0 Å². The van der Waals surface area contributed by atoms with Crippen LogP contribution in [-0.2, 0) is 4.74 Å². The van der Waals surface area contributed by atoms with E-state index in [0.717, 1.165) is 5.76 Å². The minimum absolute atomic E-state index is 0.739. The van der Waals surface area contributed by atoms with Crippen molar-refractivity contribution in [3.63, 3.8) is 0 Å². The highest BCUT2D eigenvalue weighted by atomic mass is 16.5. The molecule has 0 amide bonds. The van der Waals surface area contributed by atoms with Gasteiger partial charge in [-0.1, -0.05) is 37.5 Å². The van der Waals surface area contributed by atoms with Crippen molar-refractivity contribution in [2.24, 2.45) is 0 Å². The van der Waals surface area contributed by atoms with Crippen LogP contribution < -0.4 is 0 Å². The van der Waals surface area contributed by atoms with Crippen molar-refractivity contribution in [2.45, 2.75) is 6.92 Å². The molecule has 0 spiro atoms. The molecule has 0 saturated heterocycles. The maximum atomic E-state index is 5.21. The summed E-state index contributed by atoms with van der Waals surface area (Å²) in [6, 6.07) is 0. The zero-order chi connectivity index (χ0) is 9.23. The van der Waals surface area contributed by atoms with Crippen molar-refractivity contribution in [1.82, 2.24) is 0 Å². The highest BCUT2D eigenvalue weighted by molar-refractivity contribution is 5.20. The molecule has 0 aromatic rings. The first-order chi connectivity index (χ1) is 5.85. The smallest absolute Gasteiger partial charge is 0.126 e. The van der Waals surface area contributed by atoms with Crippen LogP contribution in [0.4, 0.5) is 0 Å². The van der Waals surface area contributed by atoms with E-state index >= 15 is 0 Å². The average molecular weight is 162 g/mol. The quantitative estimate of drug-likeness (QED) is 0.445. The van der Waals surface area contributed by atoms with Gasteiger partial charge in [0.15, 0.2) is 0 Å². The van der Waals surface area contributed by atoms with E-state index in [4.69, 9.17) is 4.74 Å². The minimum atomic E-state index is 0.739. The second-order valence-electron chi connectivity index (χ2n) is 1.99. The lowest BCUT2D eigenvalue weighted by molar-refractivity contribution is 0.368. The van der Waals surface area contributed by atoms with Crippen molar-refractivity contribution in [3.8, 4) is 0 Å². The van der Waals surface area contributed by atoms with Gasteiger partial charge in [0.1, 0.15) is 5.76 Å². The summed E-state index contributed by atoms with van der Waals surface area (Å²) >= 11 is 0. The molecule has 0 rings (SSSR count). The molecule has 0 aliphatic rings. The Balaban J connectivity index is 4.22. The summed E-state index contributed by atoms with van der Waals surface area (Å²) in [4.78, 5) is 0. The molecule has 0 bridgehead atoms. The number of hydrogen-bond acceptors (Lipinski definition) is 1. The Morgan fingerprint density at radius 1 is 1.25 bits per heavy atom. The predicted molar refractivity (Wildman–Crippen MR) is 53.5 cm³/mol. The standard InChI is InChI=1S/C11H14O/c1-4-7-9-11(8-5-2)12-10-6-3/h4-10H,1-2H2,3H3/b9-7-,10-6+,11-8+. The molecule has 12 heavy (non-hydrogen) atoms. The van der Waals surface area contributed by atoms with E-state index in [1.165, 1.54) is 0 Å². The maximum Gasteiger partial charge on any atom is 0.126 e. The third-order valence-corrected chi connectivity index (χ3v) is 1.02. The Morgan fingerprint density at radius 2 is 2.00 bits per heavy atom. The Kier molecular flexibility index (Phi) is 6.65. The van der Waals surface area contributed by atoms with E-state index in [0.29, 0.717) is 0 Å². The Labute approximate surface area is 74.1 Å². The van der Waals surface area contributed by atoms with E-state index in [9.17, 15) is 0 Å². The van der Waals surface area contributed by atoms with Gasteiger partial charge < -0.3 is 4.74 Å². The fourth-order valence-electron chi connectivity index (χ4n) is 0.560. The number of ether oxygens (including phenoxy) is 1. The van der Waals surface area contributed by atoms with Crippen LogP contribution in [-0.4, -0.2) is 0 Å². The fraction of sp³-hybridized carbons (Fsp3) is 0.0909. The zero-order valence-electron chi connectivity index (χ0n) is 7.36. The number of hydrogen-bond donors (Lipinski definition) is 0. The molecule has 0 N–H and O–H groups in total. The second kappa shape index (κ2) is 7.61. The van der Waals surface area contributed by atoms with Crippen molar-refractivity contribution >= 4 is 0 Å². The molecular weight excluding hydrogens is 148 g/mol. The highest BCUT2D eigenvalue weighted by Crippen LogP contribution is 2.00. The molecule has 0 fully saturated rings. The van der Waals surface area contributed by atoms with Crippen LogP contribution in [0.3, 0.4) is 0 Å². The lowest BCUT2D eigenvalue weighted by atomic mass is 10.4. The molecule has 0 saturated carbocycles. The van der Waals surface area contributed by atoms with Gasteiger partial charge in [-0.15, -0.1) is 0 Å². The first-order valence-corrected chi connectivity index (χ1v) is 3.74.